The van der Waals surface area contributed by atoms with Crippen molar-refractivity contribution in [1.29, 1.82) is 0 Å². The highest BCUT2D eigenvalue weighted by molar-refractivity contribution is 6.03. The molecule has 150 valence electrons. The minimum atomic E-state index is -0.497. The predicted octanol–water partition coefficient (Wildman–Crippen LogP) is 1.52. The van der Waals surface area contributed by atoms with E-state index in [0.717, 1.165) is 0 Å². The molecule has 0 radical (unpaired) electrons. The molecule has 5 heterocycles. The number of rotatable bonds is 4. The Morgan fingerprint density at radius 1 is 1.31 bits per heavy atom. The van der Waals surface area contributed by atoms with E-state index >= 15 is 0 Å². The Kier molecular flexibility index (Phi) is 3.76. The number of imidazole rings is 1. The molecule has 4 aromatic rings. The first-order valence-corrected chi connectivity index (χ1v) is 8.66. The van der Waals surface area contributed by atoms with Crippen LogP contribution in [0.25, 0.3) is 22.7 Å². The van der Waals surface area contributed by atoms with Crippen LogP contribution in [0.15, 0.2) is 29.4 Å². The summed E-state index contributed by atoms with van der Waals surface area (Å²) in [6.45, 7) is 1.75. The zero-order chi connectivity index (χ0) is 20.0. The zero-order valence-electron chi connectivity index (χ0n) is 15.0. The number of aromatic amines is 1. The third-order valence-corrected chi connectivity index (χ3v) is 4.46. The molecule has 1 atom stereocenters. The van der Waals surface area contributed by atoms with Crippen LogP contribution in [0.2, 0.25) is 0 Å². The van der Waals surface area contributed by atoms with Crippen molar-refractivity contribution in [3.8, 4) is 11.5 Å². The van der Waals surface area contributed by atoms with E-state index in [0.29, 0.717) is 39.8 Å². The minimum absolute atomic E-state index is 0. The van der Waals surface area contributed by atoms with E-state index in [1.165, 1.54) is 12.7 Å². The van der Waals surface area contributed by atoms with Crippen LogP contribution < -0.4 is 10.6 Å². The second kappa shape index (κ2) is 6.44. The highest BCUT2D eigenvalue weighted by Crippen LogP contribution is 2.24. The van der Waals surface area contributed by atoms with Gasteiger partial charge in [-0.3, -0.25) is 9.59 Å². The Bertz CT molecular complexity index is 1240. The van der Waals surface area contributed by atoms with Gasteiger partial charge in [0.1, 0.15) is 35.4 Å². The minimum Gasteiger partial charge on any atom is -0.358 e. The fourth-order valence-corrected chi connectivity index (χ4v) is 3.04. The summed E-state index contributed by atoms with van der Waals surface area (Å²) in [6, 6.07) is 1.18. The van der Waals surface area contributed by atoms with Crippen LogP contribution in [-0.4, -0.2) is 46.9 Å². The van der Waals surface area contributed by atoms with Crippen LogP contribution in [0.1, 0.15) is 39.1 Å². The lowest BCUT2D eigenvalue weighted by atomic mass is 10.1. The summed E-state index contributed by atoms with van der Waals surface area (Å²) in [7, 11) is 0. The van der Waals surface area contributed by atoms with E-state index in [-0.39, 0.29) is 22.3 Å². The smallest absolute Gasteiger partial charge is 0.270 e. The van der Waals surface area contributed by atoms with Gasteiger partial charge < -0.3 is 20.1 Å². The number of amides is 2. The average Bonchev–Trinajstić information content (AvgIpc) is 3.43. The first-order chi connectivity index (χ1) is 14.1. The van der Waals surface area contributed by atoms with E-state index in [1.54, 1.807) is 19.2 Å². The molecule has 0 aromatic carbocycles. The largest absolute Gasteiger partial charge is 0.358 e. The highest BCUT2D eigenvalue weighted by Gasteiger charge is 2.27. The number of hydrogen-bond acceptors (Lipinski definition) is 9. The van der Waals surface area contributed by atoms with Crippen molar-refractivity contribution in [3.63, 3.8) is 0 Å². The Balaban J connectivity index is 0.00000121. The lowest BCUT2D eigenvalue weighted by Gasteiger charge is -2.11. The Hall–Kier alpha value is -4.22. The van der Waals surface area contributed by atoms with Crippen LogP contribution in [0, 0.1) is 0 Å². The summed E-state index contributed by atoms with van der Waals surface area (Å²) < 4.78 is 5.36. The number of carbonyl (C=O) groups is 2. The molecule has 0 spiro atoms. The van der Waals surface area contributed by atoms with Crippen molar-refractivity contribution < 1.29 is 18.4 Å². The van der Waals surface area contributed by atoms with Crippen molar-refractivity contribution in [2.75, 3.05) is 5.32 Å². The second-order valence-electron chi connectivity index (χ2n) is 6.43. The topological polar surface area (TPSA) is 164 Å². The monoisotopic (exact) mass is 397 g/mol. The number of nitrogens with zero attached hydrogens (tertiary/aromatic N) is 6. The third-order valence-electron chi connectivity index (χ3n) is 4.46. The van der Waals surface area contributed by atoms with E-state index in [1.807, 2.05) is 0 Å². The molecule has 0 bridgehead atoms. The summed E-state index contributed by atoms with van der Waals surface area (Å²) in [5.41, 5.74) is 2.28. The summed E-state index contributed by atoms with van der Waals surface area (Å²) in [6.07, 6.45) is 4.32. The molecule has 3 N–H and O–H groups in total. The molecule has 0 unspecified atom stereocenters. The molecule has 1 aliphatic heterocycles. The number of aromatic nitrogens is 7. The van der Waals surface area contributed by atoms with E-state index in [4.69, 9.17) is 4.52 Å². The van der Waals surface area contributed by atoms with Gasteiger partial charge in [0.25, 0.3) is 5.91 Å². The molecule has 4 aromatic heterocycles. The first-order valence-electron chi connectivity index (χ1n) is 8.66. The van der Waals surface area contributed by atoms with Gasteiger partial charge in [-0.2, -0.15) is 0 Å². The van der Waals surface area contributed by atoms with Gasteiger partial charge in [0.05, 0.1) is 18.7 Å². The van der Waals surface area contributed by atoms with Crippen molar-refractivity contribution in [3.05, 3.63) is 41.9 Å². The van der Waals surface area contributed by atoms with E-state index in [2.05, 4.69) is 45.7 Å². The Labute approximate surface area is 166 Å². The fourth-order valence-electron chi connectivity index (χ4n) is 3.04. The first kappa shape index (κ1) is 16.9. The van der Waals surface area contributed by atoms with Crippen LogP contribution in [0.4, 0.5) is 5.82 Å². The van der Waals surface area contributed by atoms with E-state index in [9.17, 15) is 9.59 Å². The van der Waals surface area contributed by atoms with Crippen molar-refractivity contribution >= 4 is 28.8 Å². The normalized spacial score (nSPS) is 13.9. The standard InChI is InChI=1S/C17H13N9O3.3H2/c1-7(22-17(28)13-8-2-12(27)24-14(8)21-6-19-13)11-3-9(26-29-11)16-23-10-4-18-5-20-15(10)25-16;;;/h3-7H,2H2,1H3,(H,22,28)(H,18,20,23,25)(H,19,21,24,27);3*1H/t7-;;;/m1.../s1. The van der Waals surface area contributed by atoms with Crippen molar-refractivity contribution in [2.45, 2.75) is 19.4 Å². The Morgan fingerprint density at radius 3 is 3.07 bits per heavy atom. The zero-order valence-corrected chi connectivity index (χ0v) is 15.0. The lowest BCUT2D eigenvalue weighted by molar-refractivity contribution is -0.115. The number of H-pyrrole nitrogens is 1. The van der Waals surface area contributed by atoms with Gasteiger partial charge in [-0.15, -0.1) is 0 Å². The molecule has 0 saturated heterocycles. The highest BCUT2D eigenvalue weighted by atomic mass is 16.5. The average molecular weight is 397 g/mol. The number of carbonyl (C=O) groups excluding carboxylic acids is 2. The van der Waals surface area contributed by atoms with Crippen LogP contribution >= 0.6 is 0 Å². The molecular weight excluding hydrogens is 378 g/mol. The molecule has 29 heavy (non-hydrogen) atoms. The predicted molar refractivity (Wildman–Crippen MR) is 104 cm³/mol. The van der Waals surface area contributed by atoms with Crippen molar-refractivity contribution in [2.24, 2.45) is 0 Å². The van der Waals surface area contributed by atoms with Gasteiger partial charge in [-0.25, -0.2) is 24.9 Å². The Morgan fingerprint density at radius 2 is 2.21 bits per heavy atom. The molecule has 12 heteroatoms. The summed E-state index contributed by atoms with van der Waals surface area (Å²) >= 11 is 0. The maximum Gasteiger partial charge on any atom is 0.270 e. The van der Waals surface area contributed by atoms with Crippen molar-refractivity contribution in [1.82, 2.24) is 40.4 Å². The SMILES string of the molecule is C[C@@H](NC(=O)c1ncnc2c1CC(=O)N2)c1cc(-c2nc3ncncc3[nH]2)no1.[HH].[HH].[HH]. The third kappa shape index (κ3) is 2.96. The van der Waals surface area contributed by atoms with Gasteiger partial charge in [0.15, 0.2) is 17.2 Å². The quantitative estimate of drug-likeness (QED) is 0.463. The molecule has 2 amide bonds. The molecule has 0 saturated carbocycles. The maximum absolute atomic E-state index is 12.7. The summed E-state index contributed by atoms with van der Waals surface area (Å²) in [4.78, 5) is 47.6. The van der Waals surface area contributed by atoms with Crippen LogP contribution in [-0.2, 0) is 11.2 Å². The molecule has 0 aliphatic carbocycles. The molecule has 0 fully saturated rings. The second-order valence-corrected chi connectivity index (χ2v) is 6.43. The number of fused-ring (bicyclic) bond motifs is 2. The van der Waals surface area contributed by atoms with Crippen LogP contribution in [0.5, 0.6) is 0 Å². The summed E-state index contributed by atoms with van der Waals surface area (Å²) in [5, 5.41) is 9.39. The summed E-state index contributed by atoms with van der Waals surface area (Å²) in [5.74, 6) is 0.604. The number of nitrogens with one attached hydrogen (secondary N) is 3. The number of hydrogen-bond donors (Lipinski definition) is 3. The molecule has 5 rings (SSSR count). The van der Waals surface area contributed by atoms with E-state index < -0.39 is 11.9 Å². The van der Waals surface area contributed by atoms with Gasteiger partial charge >= 0.3 is 0 Å². The molecular formula is C17H19N9O3. The lowest BCUT2D eigenvalue weighted by Crippen LogP contribution is -2.28. The van der Waals surface area contributed by atoms with Gasteiger partial charge in [-0.05, 0) is 6.92 Å². The molecule has 12 nitrogen and oxygen atoms in total. The fraction of sp³-hybridized carbons (Fsp3) is 0.176. The maximum atomic E-state index is 12.7. The number of anilines is 1. The van der Waals surface area contributed by atoms with Gasteiger partial charge in [0.2, 0.25) is 5.91 Å². The van der Waals surface area contributed by atoms with Gasteiger partial charge in [0, 0.05) is 15.9 Å². The molecule has 1 aliphatic rings. The van der Waals surface area contributed by atoms with Gasteiger partial charge in [-0.1, -0.05) is 5.16 Å². The van der Waals surface area contributed by atoms with Crippen LogP contribution in [0.3, 0.4) is 0 Å².